The van der Waals surface area contributed by atoms with Crippen molar-refractivity contribution in [2.45, 2.75) is 34.6 Å². The van der Waals surface area contributed by atoms with Crippen LogP contribution in [0.5, 0.6) is 0 Å². The van der Waals surface area contributed by atoms with Gasteiger partial charge in [0.15, 0.2) is 0 Å². The first kappa shape index (κ1) is 16.3. The highest BCUT2D eigenvalue weighted by Gasteiger charge is 2.05. The molecule has 0 fully saturated rings. The molecule has 2 heteroatoms. The Morgan fingerprint density at radius 3 is 2.47 bits per heavy atom. The predicted molar refractivity (Wildman–Crippen MR) is 86.7 cm³/mol. The van der Waals surface area contributed by atoms with Crippen molar-refractivity contribution in [2.75, 3.05) is 13.1 Å². The Morgan fingerprint density at radius 2 is 1.95 bits per heavy atom. The minimum Gasteiger partial charge on any atom is -0.313 e. The predicted octanol–water partition coefficient (Wildman–Crippen LogP) is 4.93. The summed E-state index contributed by atoms with van der Waals surface area (Å²) in [6, 6.07) is 6.08. The average molecular weight is 280 g/mol. The molecule has 1 aromatic rings. The van der Waals surface area contributed by atoms with Crippen molar-refractivity contribution < 1.29 is 0 Å². The molecule has 1 nitrogen and oxygen atoms in total. The molecular formula is C17H26ClN. The van der Waals surface area contributed by atoms with Gasteiger partial charge in [-0.1, -0.05) is 57.0 Å². The van der Waals surface area contributed by atoms with E-state index in [9.17, 15) is 0 Å². The number of hydrogen-bond acceptors (Lipinski definition) is 1. The first-order valence-electron chi connectivity index (χ1n) is 7.07. The molecule has 1 aromatic carbocycles. The zero-order valence-corrected chi connectivity index (χ0v) is 13.5. The Morgan fingerprint density at radius 1 is 1.26 bits per heavy atom. The van der Waals surface area contributed by atoms with Gasteiger partial charge in [-0.3, -0.25) is 0 Å². The second-order valence-electron chi connectivity index (χ2n) is 5.90. The SMILES string of the molecule is Cc1cc(Cl)ccc1/C=C(/CNCC(C)C)C(C)C. The Kier molecular flexibility index (Phi) is 6.60. The van der Waals surface area contributed by atoms with Gasteiger partial charge in [-0.25, -0.2) is 0 Å². The van der Waals surface area contributed by atoms with E-state index >= 15 is 0 Å². The lowest BCUT2D eigenvalue weighted by Gasteiger charge is -2.15. The molecule has 0 atom stereocenters. The molecule has 0 aliphatic rings. The van der Waals surface area contributed by atoms with Crippen molar-refractivity contribution in [1.82, 2.24) is 5.32 Å². The van der Waals surface area contributed by atoms with Crippen LogP contribution in [0.15, 0.2) is 23.8 Å². The quantitative estimate of drug-likeness (QED) is 0.778. The molecule has 0 aliphatic heterocycles. The van der Waals surface area contributed by atoms with Gasteiger partial charge in [0.2, 0.25) is 0 Å². The van der Waals surface area contributed by atoms with Crippen LogP contribution in [-0.2, 0) is 0 Å². The van der Waals surface area contributed by atoms with Crippen LogP contribution in [0.25, 0.3) is 6.08 Å². The highest BCUT2D eigenvalue weighted by Crippen LogP contribution is 2.20. The molecule has 0 amide bonds. The standard InChI is InChI=1S/C17H26ClN/c1-12(2)10-19-11-16(13(3)4)9-15-6-7-17(18)8-14(15)5/h6-9,12-13,19H,10-11H2,1-5H3/b16-9-. The molecule has 0 radical (unpaired) electrons. The summed E-state index contributed by atoms with van der Waals surface area (Å²) in [5, 5.41) is 4.33. The number of halogens is 1. The second-order valence-corrected chi connectivity index (χ2v) is 6.34. The van der Waals surface area contributed by atoms with Gasteiger partial charge in [0.05, 0.1) is 0 Å². The fourth-order valence-electron chi connectivity index (χ4n) is 1.93. The molecule has 0 spiro atoms. The lowest BCUT2D eigenvalue weighted by Crippen LogP contribution is -2.23. The number of nitrogens with one attached hydrogen (secondary N) is 1. The first-order chi connectivity index (χ1) is 8.90. The summed E-state index contributed by atoms with van der Waals surface area (Å²) in [5.41, 5.74) is 3.93. The maximum absolute atomic E-state index is 6.00. The van der Waals surface area contributed by atoms with Crippen molar-refractivity contribution in [3.05, 3.63) is 39.9 Å². The smallest absolute Gasteiger partial charge is 0.0409 e. The monoisotopic (exact) mass is 279 g/mol. The number of aryl methyl sites for hydroxylation is 1. The molecule has 0 aromatic heterocycles. The second kappa shape index (κ2) is 7.72. The van der Waals surface area contributed by atoms with Crippen molar-refractivity contribution >= 4 is 17.7 Å². The average Bonchev–Trinajstić information content (AvgIpc) is 2.30. The van der Waals surface area contributed by atoms with Crippen LogP contribution in [-0.4, -0.2) is 13.1 Å². The highest BCUT2D eigenvalue weighted by molar-refractivity contribution is 6.30. The van der Waals surface area contributed by atoms with Crippen LogP contribution in [0.1, 0.15) is 38.8 Å². The van der Waals surface area contributed by atoms with Gasteiger partial charge >= 0.3 is 0 Å². The molecule has 0 heterocycles. The van der Waals surface area contributed by atoms with Crippen LogP contribution in [0, 0.1) is 18.8 Å². The molecule has 0 saturated carbocycles. The Hall–Kier alpha value is -0.790. The van der Waals surface area contributed by atoms with E-state index in [0.717, 1.165) is 18.1 Å². The minimum atomic E-state index is 0.551. The molecular weight excluding hydrogens is 254 g/mol. The Bertz CT molecular complexity index is 433. The number of benzene rings is 1. The summed E-state index contributed by atoms with van der Waals surface area (Å²) < 4.78 is 0. The molecule has 0 aliphatic carbocycles. The fourth-order valence-corrected chi connectivity index (χ4v) is 2.15. The molecule has 0 bridgehead atoms. The fraction of sp³-hybridized carbons (Fsp3) is 0.529. The maximum atomic E-state index is 6.00. The highest BCUT2D eigenvalue weighted by atomic mass is 35.5. The maximum Gasteiger partial charge on any atom is 0.0409 e. The normalized spacial score (nSPS) is 12.5. The molecule has 0 unspecified atom stereocenters. The van der Waals surface area contributed by atoms with E-state index in [1.807, 2.05) is 12.1 Å². The van der Waals surface area contributed by atoms with Crippen LogP contribution in [0.3, 0.4) is 0 Å². The molecule has 0 saturated heterocycles. The molecule has 19 heavy (non-hydrogen) atoms. The largest absolute Gasteiger partial charge is 0.313 e. The first-order valence-corrected chi connectivity index (χ1v) is 7.45. The van der Waals surface area contributed by atoms with Gasteiger partial charge in [0.25, 0.3) is 0 Å². The van der Waals surface area contributed by atoms with Crippen molar-refractivity contribution in [3.63, 3.8) is 0 Å². The third-order valence-corrected chi connectivity index (χ3v) is 3.43. The molecule has 106 valence electrons. The number of rotatable bonds is 6. The van der Waals surface area contributed by atoms with E-state index in [1.54, 1.807) is 0 Å². The van der Waals surface area contributed by atoms with E-state index in [0.29, 0.717) is 11.8 Å². The summed E-state index contributed by atoms with van der Waals surface area (Å²) in [6.07, 6.45) is 2.30. The third kappa shape index (κ3) is 5.80. The molecule has 1 N–H and O–H groups in total. The summed E-state index contributed by atoms with van der Waals surface area (Å²) >= 11 is 6.00. The zero-order chi connectivity index (χ0) is 14.4. The van der Waals surface area contributed by atoms with E-state index in [-0.39, 0.29) is 0 Å². The van der Waals surface area contributed by atoms with Gasteiger partial charge in [-0.05, 0) is 48.6 Å². The van der Waals surface area contributed by atoms with Crippen molar-refractivity contribution in [3.8, 4) is 0 Å². The lowest BCUT2D eigenvalue weighted by atomic mass is 9.98. The topological polar surface area (TPSA) is 12.0 Å². The van der Waals surface area contributed by atoms with Crippen LogP contribution < -0.4 is 5.32 Å². The van der Waals surface area contributed by atoms with Crippen molar-refractivity contribution in [1.29, 1.82) is 0 Å². The van der Waals surface area contributed by atoms with E-state index in [2.05, 4.69) is 52.1 Å². The molecule has 1 rings (SSSR count). The van der Waals surface area contributed by atoms with Gasteiger partial charge in [0.1, 0.15) is 0 Å². The zero-order valence-electron chi connectivity index (χ0n) is 12.8. The van der Waals surface area contributed by atoms with Gasteiger partial charge in [0, 0.05) is 11.6 Å². The Labute approximate surface area is 123 Å². The lowest BCUT2D eigenvalue weighted by molar-refractivity contribution is 0.558. The van der Waals surface area contributed by atoms with Gasteiger partial charge < -0.3 is 5.32 Å². The summed E-state index contributed by atoms with van der Waals surface area (Å²) in [6.45, 7) is 13.1. The van der Waals surface area contributed by atoms with Crippen molar-refractivity contribution in [2.24, 2.45) is 11.8 Å². The van der Waals surface area contributed by atoms with E-state index in [4.69, 9.17) is 11.6 Å². The summed E-state index contributed by atoms with van der Waals surface area (Å²) in [7, 11) is 0. The van der Waals surface area contributed by atoms with Crippen LogP contribution in [0.2, 0.25) is 5.02 Å². The van der Waals surface area contributed by atoms with Gasteiger partial charge in [-0.2, -0.15) is 0 Å². The van der Waals surface area contributed by atoms with E-state index in [1.165, 1.54) is 16.7 Å². The van der Waals surface area contributed by atoms with E-state index < -0.39 is 0 Å². The Balaban J connectivity index is 2.82. The summed E-state index contributed by atoms with van der Waals surface area (Å²) in [4.78, 5) is 0. The minimum absolute atomic E-state index is 0.551. The number of hydrogen-bond donors (Lipinski definition) is 1. The third-order valence-electron chi connectivity index (χ3n) is 3.20. The van der Waals surface area contributed by atoms with Crippen LogP contribution >= 0.6 is 11.6 Å². The van der Waals surface area contributed by atoms with Gasteiger partial charge in [-0.15, -0.1) is 0 Å². The summed E-state index contributed by atoms with van der Waals surface area (Å²) in [5.74, 6) is 1.24. The van der Waals surface area contributed by atoms with Crippen LogP contribution in [0.4, 0.5) is 0 Å².